The lowest BCUT2D eigenvalue weighted by Crippen LogP contribution is -2.33. The molecule has 2 aromatic heterocycles. The number of alkyl carbamates (subject to hydrolysis) is 1. The number of nitrogens with zero attached hydrogens (tertiary/aromatic N) is 3. The Kier molecular flexibility index (Phi) is 6.38. The highest BCUT2D eigenvalue weighted by Gasteiger charge is 2.30. The summed E-state index contributed by atoms with van der Waals surface area (Å²) in [5, 5.41) is 6.24. The van der Waals surface area contributed by atoms with Crippen molar-refractivity contribution < 1.29 is 14.3 Å². The fourth-order valence-electron chi connectivity index (χ4n) is 5.39. The maximum atomic E-state index is 13.1. The van der Waals surface area contributed by atoms with Crippen LogP contribution in [-0.4, -0.2) is 46.6 Å². The number of methoxy groups -OCH3 is 1. The molecular weight excluding hydrogens is 448 g/mol. The van der Waals surface area contributed by atoms with Gasteiger partial charge in [-0.05, 0) is 61.8 Å². The van der Waals surface area contributed by atoms with Crippen molar-refractivity contribution in [3.05, 3.63) is 46.5 Å². The van der Waals surface area contributed by atoms with E-state index in [1.165, 1.54) is 12.7 Å². The summed E-state index contributed by atoms with van der Waals surface area (Å²) in [6.45, 7) is 1.53. The number of rotatable bonds is 5. The van der Waals surface area contributed by atoms with E-state index in [1.54, 1.807) is 17.8 Å². The molecule has 1 aliphatic heterocycles. The van der Waals surface area contributed by atoms with Crippen molar-refractivity contribution in [3.8, 4) is 0 Å². The average molecular weight is 481 g/mol. The Bertz CT molecular complexity index is 1290. The number of ether oxygens (including phenoxy) is 2. The van der Waals surface area contributed by atoms with Crippen molar-refractivity contribution in [2.45, 2.75) is 50.1 Å². The zero-order valence-electron chi connectivity index (χ0n) is 20.1. The maximum Gasteiger partial charge on any atom is 0.407 e. The van der Waals surface area contributed by atoms with E-state index in [1.807, 2.05) is 22.8 Å². The van der Waals surface area contributed by atoms with E-state index < -0.39 is 6.09 Å². The van der Waals surface area contributed by atoms with Gasteiger partial charge in [0, 0.05) is 49.8 Å². The van der Waals surface area contributed by atoms with Gasteiger partial charge in [0.15, 0.2) is 0 Å². The number of hydrogen-bond acceptors (Lipinski definition) is 7. The second kappa shape index (κ2) is 9.61. The predicted octanol–water partition coefficient (Wildman–Crippen LogP) is 3.40. The number of hydrogen-bond donors (Lipinski definition) is 3. The number of aromatic nitrogens is 3. The van der Waals surface area contributed by atoms with Crippen LogP contribution in [0.3, 0.4) is 0 Å². The standard InChI is InChI=1S/C25H32N6O4/c1-30-22-14-27-23(28-19-10-16(9-17(26)11-19)15-5-7-35-8-6-15)13-21(22)31(25(30)33)20-4-3-18(12-20)29-24(32)34-2/h9-11,13-15,18,20H,3-8,12,26H2,1-2H3,(H,27,28)(H,29,32)/t18-,20-/m1/s1. The summed E-state index contributed by atoms with van der Waals surface area (Å²) in [7, 11) is 3.11. The van der Waals surface area contributed by atoms with Gasteiger partial charge in [-0.1, -0.05) is 0 Å². The van der Waals surface area contributed by atoms with Gasteiger partial charge in [-0.25, -0.2) is 14.6 Å². The van der Waals surface area contributed by atoms with Gasteiger partial charge in [0.05, 0.1) is 24.3 Å². The van der Waals surface area contributed by atoms with Gasteiger partial charge in [0.1, 0.15) is 5.82 Å². The summed E-state index contributed by atoms with van der Waals surface area (Å²) in [6.07, 6.45) is 5.49. The summed E-state index contributed by atoms with van der Waals surface area (Å²) in [5.41, 5.74) is 10.5. The lowest BCUT2D eigenvalue weighted by atomic mass is 9.91. The third kappa shape index (κ3) is 4.70. The van der Waals surface area contributed by atoms with E-state index in [-0.39, 0.29) is 17.8 Å². The van der Waals surface area contributed by atoms with Crippen molar-refractivity contribution in [1.82, 2.24) is 19.4 Å². The average Bonchev–Trinajstić information content (AvgIpc) is 3.40. The smallest absolute Gasteiger partial charge is 0.407 e. The van der Waals surface area contributed by atoms with Crippen molar-refractivity contribution in [3.63, 3.8) is 0 Å². The molecule has 0 radical (unpaired) electrons. The van der Waals surface area contributed by atoms with Gasteiger partial charge in [-0.2, -0.15) is 0 Å². The first-order valence-corrected chi connectivity index (χ1v) is 12.1. The quantitative estimate of drug-likeness (QED) is 0.478. The number of amides is 1. The number of nitrogen functional groups attached to an aromatic ring is 1. The van der Waals surface area contributed by atoms with Crippen LogP contribution in [0.4, 0.5) is 22.0 Å². The number of benzene rings is 1. The Morgan fingerprint density at radius 2 is 1.94 bits per heavy atom. The molecule has 2 atom stereocenters. The van der Waals surface area contributed by atoms with E-state index in [0.29, 0.717) is 23.8 Å². The highest BCUT2D eigenvalue weighted by atomic mass is 16.5. The predicted molar refractivity (Wildman–Crippen MR) is 134 cm³/mol. The first kappa shape index (κ1) is 23.2. The van der Waals surface area contributed by atoms with Crippen LogP contribution in [-0.2, 0) is 16.5 Å². The molecule has 1 saturated carbocycles. The van der Waals surface area contributed by atoms with Gasteiger partial charge in [0.2, 0.25) is 0 Å². The van der Waals surface area contributed by atoms with E-state index in [0.717, 1.165) is 55.6 Å². The monoisotopic (exact) mass is 480 g/mol. The number of nitrogens with two attached hydrogens (primary N) is 1. The van der Waals surface area contributed by atoms with Crippen LogP contribution in [0.1, 0.15) is 49.6 Å². The van der Waals surface area contributed by atoms with E-state index >= 15 is 0 Å². The van der Waals surface area contributed by atoms with Crippen molar-refractivity contribution >= 4 is 34.3 Å². The topological polar surface area (TPSA) is 125 Å². The van der Waals surface area contributed by atoms with Crippen molar-refractivity contribution in [1.29, 1.82) is 0 Å². The molecule has 0 bridgehead atoms. The van der Waals surface area contributed by atoms with Crippen molar-refractivity contribution in [2.75, 3.05) is 31.4 Å². The SMILES string of the molecule is COC(=O)N[C@@H]1CC[C@@H](n2c(=O)n(C)c3cnc(Nc4cc(N)cc(C5CCOCC5)c4)cc32)C1. The maximum absolute atomic E-state index is 13.1. The summed E-state index contributed by atoms with van der Waals surface area (Å²) in [4.78, 5) is 29.3. The number of anilines is 3. The molecule has 5 rings (SSSR count). The van der Waals surface area contributed by atoms with Crippen molar-refractivity contribution in [2.24, 2.45) is 7.05 Å². The van der Waals surface area contributed by atoms with Gasteiger partial charge in [-0.3, -0.25) is 9.13 Å². The van der Waals surface area contributed by atoms with Gasteiger partial charge < -0.3 is 25.8 Å². The van der Waals surface area contributed by atoms with Crippen LogP contribution in [0.15, 0.2) is 35.3 Å². The summed E-state index contributed by atoms with van der Waals surface area (Å²) in [5.74, 6) is 1.07. The number of carbonyl (C=O) groups is 1. The first-order chi connectivity index (χ1) is 16.9. The number of pyridine rings is 1. The molecule has 0 unspecified atom stereocenters. The minimum absolute atomic E-state index is 0.0175. The van der Waals surface area contributed by atoms with Gasteiger partial charge >= 0.3 is 11.8 Å². The molecule has 1 saturated heterocycles. The zero-order valence-corrected chi connectivity index (χ0v) is 20.1. The lowest BCUT2D eigenvalue weighted by Gasteiger charge is -2.23. The molecule has 1 amide bonds. The molecule has 3 heterocycles. The number of aryl methyl sites for hydroxylation is 1. The number of nitrogens with one attached hydrogen (secondary N) is 2. The van der Waals surface area contributed by atoms with Crippen LogP contribution >= 0.6 is 0 Å². The van der Waals surface area contributed by atoms with Crippen LogP contribution in [0.2, 0.25) is 0 Å². The van der Waals surface area contributed by atoms with Crippen LogP contribution < -0.4 is 22.1 Å². The Morgan fingerprint density at radius 1 is 1.14 bits per heavy atom. The first-order valence-electron chi connectivity index (χ1n) is 12.1. The lowest BCUT2D eigenvalue weighted by molar-refractivity contribution is 0.0853. The molecule has 1 aromatic carbocycles. The highest BCUT2D eigenvalue weighted by molar-refractivity contribution is 5.79. The van der Waals surface area contributed by atoms with E-state index in [9.17, 15) is 9.59 Å². The Labute approximate surface area is 203 Å². The van der Waals surface area contributed by atoms with Crippen LogP contribution in [0, 0.1) is 0 Å². The Morgan fingerprint density at radius 3 is 2.71 bits per heavy atom. The molecule has 2 aliphatic rings. The van der Waals surface area contributed by atoms with Crippen LogP contribution in [0.5, 0.6) is 0 Å². The summed E-state index contributed by atoms with van der Waals surface area (Å²) in [6, 6.07) is 7.92. The normalized spacial score (nSPS) is 20.7. The fourth-order valence-corrected chi connectivity index (χ4v) is 5.39. The fraction of sp³-hybridized carbons (Fsp3) is 0.480. The third-order valence-electron chi connectivity index (χ3n) is 7.20. The second-order valence-corrected chi connectivity index (χ2v) is 9.47. The molecule has 4 N–H and O–H groups in total. The van der Waals surface area contributed by atoms with E-state index in [2.05, 4.69) is 21.7 Å². The summed E-state index contributed by atoms with van der Waals surface area (Å²) < 4.78 is 13.7. The molecule has 10 heteroatoms. The van der Waals surface area contributed by atoms with Gasteiger partial charge in [0.25, 0.3) is 0 Å². The Balaban J connectivity index is 1.43. The third-order valence-corrected chi connectivity index (χ3v) is 7.20. The minimum Gasteiger partial charge on any atom is -0.453 e. The summed E-state index contributed by atoms with van der Waals surface area (Å²) >= 11 is 0. The minimum atomic E-state index is -0.446. The van der Waals surface area contributed by atoms with Gasteiger partial charge in [-0.15, -0.1) is 0 Å². The zero-order chi connectivity index (χ0) is 24.5. The molecule has 35 heavy (non-hydrogen) atoms. The molecule has 10 nitrogen and oxygen atoms in total. The van der Waals surface area contributed by atoms with Crippen LogP contribution in [0.25, 0.3) is 11.0 Å². The second-order valence-electron chi connectivity index (χ2n) is 9.47. The Hall–Kier alpha value is -3.53. The highest BCUT2D eigenvalue weighted by Crippen LogP contribution is 2.34. The molecular formula is C25H32N6O4. The largest absolute Gasteiger partial charge is 0.453 e. The number of carbonyl (C=O) groups excluding carboxylic acids is 1. The number of fused-ring (bicyclic) bond motifs is 1. The molecule has 3 aromatic rings. The molecule has 2 fully saturated rings. The molecule has 186 valence electrons. The van der Waals surface area contributed by atoms with E-state index in [4.69, 9.17) is 15.2 Å². The number of imidazole rings is 1. The molecule has 0 spiro atoms. The molecule has 1 aliphatic carbocycles.